The highest BCUT2D eigenvalue weighted by Crippen LogP contribution is 2.35. The quantitative estimate of drug-likeness (QED) is 0.458. The van der Waals surface area contributed by atoms with Crippen LogP contribution in [0.3, 0.4) is 0 Å². The monoisotopic (exact) mass is 553 g/mol. The summed E-state index contributed by atoms with van der Waals surface area (Å²) in [7, 11) is -2.51. The van der Waals surface area contributed by atoms with E-state index in [4.69, 9.17) is 46.4 Å². The van der Waals surface area contributed by atoms with Crippen LogP contribution in [0.2, 0.25) is 20.1 Å². The van der Waals surface area contributed by atoms with Gasteiger partial charge in [0.25, 0.3) is 0 Å². The Morgan fingerprint density at radius 1 is 1.00 bits per heavy atom. The number of hydrogen-bond donors (Lipinski definition) is 1. The van der Waals surface area contributed by atoms with Crippen LogP contribution in [0.15, 0.2) is 36.4 Å². The summed E-state index contributed by atoms with van der Waals surface area (Å²) in [6, 6.07) is 8.60. The maximum Gasteiger partial charge on any atom is 0.244 e. The number of carbonyl (C=O) groups excluding carboxylic acids is 2. The number of anilines is 1. The number of carbonyl (C=O) groups is 2. The van der Waals surface area contributed by atoms with E-state index in [0.717, 1.165) is 10.6 Å². The van der Waals surface area contributed by atoms with Crippen LogP contribution in [0.1, 0.15) is 18.9 Å². The normalized spacial score (nSPS) is 12.2. The Hall–Kier alpha value is -1.71. The van der Waals surface area contributed by atoms with Gasteiger partial charge in [-0.05, 0) is 30.2 Å². The van der Waals surface area contributed by atoms with Gasteiger partial charge in [-0.15, -0.1) is 0 Å². The van der Waals surface area contributed by atoms with Gasteiger partial charge in [0.1, 0.15) is 12.6 Å². The molecular formula is C21H23Cl4N3O4S. The van der Waals surface area contributed by atoms with Crippen molar-refractivity contribution in [3.8, 4) is 0 Å². The second kappa shape index (κ2) is 11.6. The minimum Gasteiger partial charge on any atom is -0.357 e. The van der Waals surface area contributed by atoms with Gasteiger partial charge in [0.15, 0.2) is 0 Å². The van der Waals surface area contributed by atoms with Gasteiger partial charge in [-0.2, -0.15) is 0 Å². The zero-order valence-corrected chi connectivity index (χ0v) is 22.0. The summed E-state index contributed by atoms with van der Waals surface area (Å²) in [6.07, 6.45) is 1.23. The van der Waals surface area contributed by atoms with Crippen molar-refractivity contribution >= 4 is 73.9 Å². The summed E-state index contributed by atoms with van der Waals surface area (Å²) in [5.41, 5.74) is 0.598. The molecule has 1 N–H and O–H groups in total. The van der Waals surface area contributed by atoms with E-state index in [1.165, 1.54) is 24.1 Å². The van der Waals surface area contributed by atoms with Crippen molar-refractivity contribution in [1.29, 1.82) is 0 Å². The van der Waals surface area contributed by atoms with Crippen LogP contribution in [0, 0.1) is 0 Å². The van der Waals surface area contributed by atoms with Crippen LogP contribution < -0.4 is 9.62 Å². The number of sulfonamides is 1. The average Bonchev–Trinajstić information content (AvgIpc) is 2.74. The Labute approximate surface area is 213 Å². The zero-order valence-electron chi connectivity index (χ0n) is 18.1. The molecule has 1 atom stereocenters. The number of likely N-dealkylation sites (N-methyl/N-ethyl adjacent to an activating group) is 1. The summed E-state index contributed by atoms with van der Waals surface area (Å²) >= 11 is 24.5. The second-order valence-electron chi connectivity index (χ2n) is 7.14. The third-order valence-corrected chi connectivity index (χ3v) is 7.39. The van der Waals surface area contributed by atoms with Gasteiger partial charge in [-0.25, -0.2) is 8.42 Å². The number of benzene rings is 2. The van der Waals surface area contributed by atoms with E-state index in [9.17, 15) is 18.0 Å². The number of nitrogens with zero attached hydrogens (tertiary/aromatic N) is 2. The molecular weight excluding hydrogens is 532 g/mol. The fourth-order valence-electron chi connectivity index (χ4n) is 3.19. The highest BCUT2D eigenvalue weighted by atomic mass is 35.5. The lowest BCUT2D eigenvalue weighted by atomic mass is 10.1. The van der Waals surface area contributed by atoms with Crippen LogP contribution in [-0.4, -0.2) is 51.0 Å². The maximum absolute atomic E-state index is 13.5. The molecule has 2 aromatic rings. The molecule has 0 bridgehead atoms. The molecule has 2 amide bonds. The molecule has 2 aromatic carbocycles. The lowest BCUT2D eigenvalue weighted by Gasteiger charge is -2.33. The van der Waals surface area contributed by atoms with Crippen LogP contribution in [0.4, 0.5) is 5.69 Å². The summed E-state index contributed by atoms with van der Waals surface area (Å²) in [4.78, 5) is 27.3. The van der Waals surface area contributed by atoms with E-state index in [-0.39, 0.29) is 27.3 Å². The van der Waals surface area contributed by atoms with Crippen molar-refractivity contribution in [3.63, 3.8) is 0 Å². The Morgan fingerprint density at radius 2 is 1.61 bits per heavy atom. The first-order valence-corrected chi connectivity index (χ1v) is 13.1. The first-order chi connectivity index (χ1) is 15.4. The fourth-order valence-corrected chi connectivity index (χ4v) is 4.94. The van der Waals surface area contributed by atoms with Gasteiger partial charge < -0.3 is 10.2 Å². The Balaban J connectivity index is 2.51. The van der Waals surface area contributed by atoms with E-state index in [1.807, 2.05) is 0 Å². The predicted molar refractivity (Wildman–Crippen MR) is 134 cm³/mol. The molecule has 33 heavy (non-hydrogen) atoms. The Bertz CT molecular complexity index is 1140. The lowest BCUT2D eigenvalue weighted by molar-refractivity contribution is -0.140. The summed E-state index contributed by atoms with van der Waals surface area (Å²) in [5.74, 6) is -1.02. The molecule has 0 aliphatic carbocycles. The molecule has 2 rings (SSSR count). The molecule has 0 heterocycles. The first kappa shape index (κ1) is 27.5. The van der Waals surface area contributed by atoms with E-state index in [1.54, 1.807) is 31.2 Å². The molecule has 12 heteroatoms. The average molecular weight is 555 g/mol. The van der Waals surface area contributed by atoms with Gasteiger partial charge in [-0.3, -0.25) is 13.9 Å². The zero-order chi connectivity index (χ0) is 24.9. The highest BCUT2D eigenvalue weighted by Gasteiger charge is 2.32. The molecule has 0 radical (unpaired) electrons. The molecule has 1 unspecified atom stereocenters. The molecule has 0 aromatic heterocycles. The van der Waals surface area contributed by atoms with Crippen molar-refractivity contribution < 1.29 is 18.0 Å². The maximum atomic E-state index is 13.5. The fraction of sp³-hybridized carbons (Fsp3) is 0.333. The second-order valence-corrected chi connectivity index (χ2v) is 10.7. The first-order valence-electron chi connectivity index (χ1n) is 9.77. The summed E-state index contributed by atoms with van der Waals surface area (Å²) in [5, 5.41) is 3.16. The number of hydrogen-bond acceptors (Lipinski definition) is 4. The largest absolute Gasteiger partial charge is 0.357 e. The third kappa shape index (κ3) is 6.90. The van der Waals surface area contributed by atoms with Gasteiger partial charge in [0, 0.05) is 18.6 Å². The molecule has 0 saturated carbocycles. The Morgan fingerprint density at radius 3 is 2.15 bits per heavy atom. The van der Waals surface area contributed by atoms with E-state index < -0.39 is 34.4 Å². The molecule has 0 aliphatic heterocycles. The number of nitrogens with one attached hydrogen (secondary N) is 1. The van der Waals surface area contributed by atoms with E-state index in [0.29, 0.717) is 17.0 Å². The molecule has 0 saturated heterocycles. The summed E-state index contributed by atoms with van der Waals surface area (Å²) < 4.78 is 26.0. The Kier molecular flexibility index (Phi) is 9.70. The van der Waals surface area contributed by atoms with Crippen LogP contribution in [-0.2, 0) is 26.2 Å². The molecule has 0 fully saturated rings. The van der Waals surface area contributed by atoms with Gasteiger partial charge in [-0.1, -0.05) is 71.5 Å². The topological polar surface area (TPSA) is 86.8 Å². The standard InChI is InChI=1S/C21H23Cl4N3O4S/c1-4-18(21(30)26-2)27(11-13-7-5-6-8-14(13)22)20(29)12-28(33(3,31)32)19-10-16(24)15(23)9-17(19)25/h5-10,18H,4,11-12H2,1-3H3,(H,26,30). The van der Waals surface area contributed by atoms with Crippen molar-refractivity contribution in [2.45, 2.75) is 25.9 Å². The van der Waals surface area contributed by atoms with Crippen molar-refractivity contribution in [1.82, 2.24) is 10.2 Å². The SMILES string of the molecule is CCC(C(=O)NC)N(Cc1ccccc1Cl)C(=O)CN(c1cc(Cl)c(Cl)cc1Cl)S(C)(=O)=O. The van der Waals surface area contributed by atoms with Crippen molar-refractivity contribution in [2.75, 3.05) is 24.2 Å². The van der Waals surface area contributed by atoms with Crippen molar-refractivity contribution in [3.05, 3.63) is 62.1 Å². The van der Waals surface area contributed by atoms with E-state index in [2.05, 4.69) is 5.32 Å². The van der Waals surface area contributed by atoms with Crippen LogP contribution in [0.25, 0.3) is 0 Å². The lowest BCUT2D eigenvalue weighted by Crippen LogP contribution is -2.51. The number of halogens is 4. The predicted octanol–water partition coefficient (Wildman–Crippen LogP) is 4.62. The van der Waals surface area contributed by atoms with Crippen molar-refractivity contribution in [2.24, 2.45) is 0 Å². The minimum absolute atomic E-state index is 0.00128. The van der Waals surface area contributed by atoms with E-state index >= 15 is 0 Å². The smallest absolute Gasteiger partial charge is 0.244 e. The molecule has 0 aliphatic rings. The molecule has 180 valence electrons. The molecule has 7 nitrogen and oxygen atoms in total. The third-order valence-electron chi connectivity index (χ3n) is 4.87. The summed E-state index contributed by atoms with van der Waals surface area (Å²) in [6.45, 7) is 1.13. The van der Waals surface area contributed by atoms with Gasteiger partial charge >= 0.3 is 0 Å². The molecule has 0 spiro atoms. The number of amides is 2. The number of rotatable bonds is 9. The van der Waals surface area contributed by atoms with Gasteiger partial charge in [0.05, 0.1) is 27.0 Å². The van der Waals surface area contributed by atoms with Crippen LogP contribution in [0.5, 0.6) is 0 Å². The highest BCUT2D eigenvalue weighted by molar-refractivity contribution is 7.92. The van der Waals surface area contributed by atoms with Gasteiger partial charge in [0.2, 0.25) is 21.8 Å². The minimum atomic E-state index is -3.96. The van der Waals surface area contributed by atoms with Crippen LogP contribution >= 0.6 is 46.4 Å².